The SMILES string of the molecule is O=C(O)CC[C@H](NC(=O)CC1(NC(=O)OCC2c3ccccc3-c3ccccc32)CC1)C(F)(F)F. The van der Waals surface area contributed by atoms with Crippen LogP contribution in [-0.2, 0) is 14.3 Å². The van der Waals surface area contributed by atoms with E-state index in [4.69, 9.17) is 9.84 Å². The van der Waals surface area contributed by atoms with Gasteiger partial charge in [0.1, 0.15) is 12.6 Å². The van der Waals surface area contributed by atoms with E-state index < -0.39 is 48.6 Å². The van der Waals surface area contributed by atoms with Crippen molar-refractivity contribution in [2.24, 2.45) is 0 Å². The lowest BCUT2D eigenvalue weighted by Crippen LogP contribution is -2.48. The molecule has 10 heteroatoms. The van der Waals surface area contributed by atoms with Gasteiger partial charge in [-0.05, 0) is 41.5 Å². The van der Waals surface area contributed by atoms with Crippen molar-refractivity contribution in [2.45, 2.75) is 55.8 Å². The molecule has 0 saturated heterocycles. The van der Waals surface area contributed by atoms with Gasteiger partial charge in [0.25, 0.3) is 0 Å². The Morgan fingerprint density at radius 2 is 1.60 bits per heavy atom. The van der Waals surface area contributed by atoms with Crippen molar-refractivity contribution in [3.63, 3.8) is 0 Å². The summed E-state index contributed by atoms with van der Waals surface area (Å²) >= 11 is 0. The lowest BCUT2D eigenvalue weighted by atomic mass is 9.98. The largest absolute Gasteiger partial charge is 0.481 e. The van der Waals surface area contributed by atoms with E-state index in [1.165, 1.54) is 0 Å². The number of ether oxygens (including phenoxy) is 1. The molecule has 2 amide bonds. The zero-order valence-corrected chi connectivity index (χ0v) is 18.7. The summed E-state index contributed by atoms with van der Waals surface area (Å²) in [6.45, 7) is 0.0769. The number of nitrogens with one attached hydrogen (secondary N) is 2. The molecule has 186 valence electrons. The third kappa shape index (κ3) is 5.75. The van der Waals surface area contributed by atoms with Gasteiger partial charge >= 0.3 is 18.2 Å². The maximum absolute atomic E-state index is 13.2. The molecule has 35 heavy (non-hydrogen) atoms. The molecule has 0 aromatic heterocycles. The van der Waals surface area contributed by atoms with Crippen LogP contribution in [0.1, 0.15) is 49.1 Å². The summed E-state index contributed by atoms with van der Waals surface area (Å²) in [5.41, 5.74) is 3.28. The first-order valence-corrected chi connectivity index (χ1v) is 11.3. The summed E-state index contributed by atoms with van der Waals surface area (Å²) in [6, 6.07) is 13.4. The van der Waals surface area contributed by atoms with Gasteiger partial charge in [0.2, 0.25) is 5.91 Å². The second-order valence-corrected chi connectivity index (χ2v) is 9.00. The Labute approximate surface area is 199 Å². The number of hydrogen-bond donors (Lipinski definition) is 3. The molecule has 1 saturated carbocycles. The Morgan fingerprint density at radius 1 is 1.03 bits per heavy atom. The fourth-order valence-corrected chi connectivity index (χ4v) is 4.49. The van der Waals surface area contributed by atoms with Crippen molar-refractivity contribution in [1.29, 1.82) is 0 Å². The maximum Gasteiger partial charge on any atom is 0.408 e. The summed E-state index contributed by atoms with van der Waals surface area (Å²) in [5.74, 6) is -2.44. The van der Waals surface area contributed by atoms with Crippen LogP contribution < -0.4 is 10.6 Å². The van der Waals surface area contributed by atoms with Crippen LogP contribution in [0.2, 0.25) is 0 Å². The quantitative estimate of drug-likeness (QED) is 0.485. The minimum Gasteiger partial charge on any atom is -0.481 e. The number of amides is 2. The van der Waals surface area contributed by atoms with E-state index in [1.807, 2.05) is 53.8 Å². The van der Waals surface area contributed by atoms with Crippen molar-refractivity contribution in [2.75, 3.05) is 6.61 Å². The van der Waals surface area contributed by atoms with E-state index in [-0.39, 0.29) is 18.9 Å². The molecule has 2 aromatic rings. The molecule has 2 aromatic carbocycles. The number of halogens is 3. The molecule has 2 aliphatic carbocycles. The predicted octanol–water partition coefficient (Wildman–Crippen LogP) is 4.36. The fourth-order valence-electron chi connectivity index (χ4n) is 4.49. The van der Waals surface area contributed by atoms with Crippen LogP contribution in [0, 0.1) is 0 Å². The summed E-state index contributed by atoms with van der Waals surface area (Å²) < 4.78 is 44.9. The van der Waals surface area contributed by atoms with E-state index in [1.54, 1.807) is 0 Å². The minimum atomic E-state index is -4.78. The van der Waals surface area contributed by atoms with Crippen LogP contribution >= 0.6 is 0 Å². The highest BCUT2D eigenvalue weighted by Gasteiger charge is 2.48. The number of rotatable bonds is 9. The second-order valence-electron chi connectivity index (χ2n) is 9.00. The number of hydrogen-bond acceptors (Lipinski definition) is 4. The van der Waals surface area contributed by atoms with Gasteiger partial charge in [-0.2, -0.15) is 13.2 Å². The molecular weight excluding hydrogens is 465 g/mol. The van der Waals surface area contributed by atoms with Crippen molar-refractivity contribution in [3.05, 3.63) is 59.7 Å². The third-order valence-electron chi connectivity index (χ3n) is 6.44. The van der Waals surface area contributed by atoms with Crippen LogP contribution in [0.15, 0.2) is 48.5 Å². The van der Waals surface area contributed by atoms with E-state index >= 15 is 0 Å². The number of alkyl halides is 3. The van der Waals surface area contributed by atoms with Gasteiger partial charge in [0, 0.05) is 18.8 Å². The van der Waals surface area contributed by atoms with Crippen LogP contribution in [0.5, 0.6) is 0 Å². The van der Waals surface area contributed by atoms with Gasteiger partial charge in [0.05, 0.1) is 5.54 Å². The average molecular weight is 490 g/mol. The molecule has 7 nitrogen and oxygen atoms in total. The summed E-state index contributed by atoms with van der Waals surface area (Å²) in [6.07, 6.45) is -6.51. The zero-order chi connectivity index (χ0) is 25.2. The Kier molecular flexibility index (Phi) is 6.73. The first kappa shape index (κ1) is 24.6. The predicted molar refractivity (Wildman–Crippen MR) is 120 cm³/mol. The lowest BCUT2D eigenvalue weighted by Gasteiger charge is -2.23. The molecule has 1 atom stereocenters. The number of carbonyl (C=O) groups excluding carboxylic acids is 2. The van der Waals surface area contributed by atoms with Crippen LogP contribution in [0.4, 0.5) is 18.0 Å². The number of benzene rings is 2. The molecule has 0 radical (unpaired) electrons. The minimum absolute atomic E-state index is 0.0769. The highest BCUT2D eigenvalue weighted by molar-refractivity contribution is 5.81. The van der Waals surface area contributed by atoms with Gasteiger partial charge in [-0.1, -0.05) is 48.5 Å². The van der Waals surface area contributed by atoms with E-state index in [9.17, 15) is 27.6 Å². The Hall–Kier alpha value is -3.56. The molecule has 3 N–H and O–H groups in total. The summed E-state index contributed by atoms with van der Waals surface area (Å²) in [5, 5.41) is 13.2. The average Bonchev–Trinajstić information content (AvgIpc) is 3.46. The second kappa shape index (κ2) is 9.59. The maximum atomic E-state index is 13.2. The number of aliphatic carboxylic acids is 1. The normalized spacial score (nSPS) is 16.5. The van der Waals surface area contributed by atoms with Gasteiger partial charge in [-0.15, -0.1) is 0 Å². The van der Waals surface area contributed by atoms with Crippen LogP contribution in [0.3, 0.4) is 0 Å². The standard InChI is InChI=1S/C25H25F3N2O5/c26-25(27,28)20(9-10-22(32)33)29-21(31)13-24(11-12-24)30-23(34)35-14-19-17-7-3-1-5-15(17)16-6-2-4-8-18(16)19/h1-8,19-20H,9-14H2,(H,29,31)(H,30,34)(H,32,33)/t20-/m0/s1. The van der Waals surface area contributed by atoms with Crippen molar-refractivity contribution >= 4 is 18.0 Å². The Morgan fingerprint density at radius 3 is 2.11 bits per heavy atom. The molecule has 0 aliphatic heterocycles. The molecule has 0 spiro atoms. The molecule has 0 unspecified atom stereocenters. The van der Waals surface area contributed by atoms with Crippen molar-refractivity contribution in [1.82, 2.24) is 10.6 Å². The summed E-state index contributed by atoms with van der Waals surface area (Å²) in [4.78, 5) is 35.4. The Balaban J connectivity index is 1.32. The first-order valence-electron chi connectivity index (χ1n) is 11.3. The van der Waals surface area contributed by atoms with Crippen LogP contribution in [0.25, 0.3) is 11.1 Å². The monoisotopic (exact) mass is 490 g/mol. The van der Waals surface area contributed by atoms with Crippen molar-refractivity contribution in [3.8, 4) is 11.1 Å². The Bertz CT molecular complexity index is 1080. The topological polar surface area (TPSA) is 105 Å². The fraction of sp³-hybridized carbons (Fsp3) is 0.400. The first-order chi connectivity index (χ1) is 16.6. The molecule has 0 bridgehead atoms. The molecule has 4 rings (SSSR count). The van der Waals surface area contributed by atoms with Crippen molar-refractivity contribution < 1.29 is 37.4 Å². The van der Waals surface area contributed by atoms with Crippen LogP contribution in [-0.4, -0.2) is 47.4 Å². The molecule has 1 fully saturated rings. The van der Waals surface area contributed by atoms with E-state index in [2.05, 4.69) is 5.32 Å². The van der Waals surface area contributed by atoms with Gasteiger partial charge < -0.3 is 20.5 Å². The summed E-state index contributed by atoms with van der Waals surface area (Å²) in [7, 11) is 0. The van der Waals surface area contributed by atoms with Gasteiger partial charge in [-0.25, -0.2) is 4.79 Å². The number of carbonyl (C=O) groups is 3. The zero-order valence-electron chi connectivity index (χ0n) is 18.7. The van der Waals surface area contributed by atoms with Gasteiger partial charge in [-0.3, -0.25) is 9.59 Å². The van der Waals surface area contributed by atoms with Gasteiger partial charge in [0.15, 0.2) is 0 Å². The van der Waals surface area contributed by atoms with E-state index in [0.717, 1.165) is 22.3 Å². The number of fused-ring (bicyclic) bond motifs is 3. The van der Waals surface area contributed by atoms with E-state index in [0.29, 0.717) is 12.8 Å². The lowest BCUT2D eigenvalue weighted by molar-refractivity contribution is -0.164. The number of carboxylic acids is 1. The smallest absolute Gasteiger partial charge is 0.408 e. The number of alkyl carbamates (subject to hydrolysis) is 1. The highest BCUT2D eigenvalue weighted by Crippen LogP contribution is 2.44. The third-order valence-corrected chi connectivity index (χ3v) is 6.44. The number of carboxylic acid groups (broad SMARTS) is 1. The molecule has 2 aliphatic rings. The molecular formula is C25H25F3N2O5. The highest BCUT2D eigenvalue weighted by atomic mass is 19.4. The molecule has 0 heterocycles.